The minimum absolute atomic E-state index is 0.368. The second-order valence-corrected chi connectivity index (χ2v) is 19.5. The highest BCUT2D eigenvalue weighted by Crippen LogP contribution is 2.31. The van der Waals surface area contributed by atoms with Crippen LogP contribution in [0.5, 0.6) is 0 Å². The van der Waals surface area contributed by atoms with E-state index in [1.54, 1.807) is 6.92 Å². The summed E-state index contributed by atoms with van der Waals surface area (Å²) in [5.74, 6) is 3.11. The van der Waals surface area contributed by atoms with Crippen LogP contribution in [0.15, 0.2) is 97.2 Å². The second kappa shape index (κ2) is 28.4. The van der Waals surface area contributed by atoms with Gasteiger partial charge in [-0.05, 0) is 171 Å². The maximum Gasteiger partial charge on any atom is 0.416 e. The van der Waals surface area contributed by atoms with Gasteiger partial charge in [0.25, 0.3) is 0 Å². The number of hydrogen-bond acceptors (Lipinski definition) is 1. The fraction of sp³-hybridized carbons (Fsp3) is 0.463. The van der Waals surface area contributed by atoms with E-state index in [9.17, 15) is 13.2 Å². The number of pyridine rings is 1. The maximum atomic E-state index is 12.5. The number of alkyl halides is 3. The Morgan fingerprint density at radius 1 is 0.475 bits per heavy atom. The number of halogens is 6. The predicted molar refractivity (Wildman–Crippen MR) is 262 cm³/mol. The van der Waals surface area contributed by atoms with Gasteiger partial charge in [0, 0.05) is 27.0 Å². The Hall–Kier alpha value is -3.31. The molecule has 7 heteroatoms. The largest absolute Gasteiger partial charge is 0.416 e. The Bertz CT molecular complexity index is 1930. The normalized spacial score (nSPS) is 11.0. The molecule has 0 unspecified atom stereocenters. The molecule has 0 N–H and O–H groups in total. The summed E-state index contributed by atoms with van der Waals surface area (Å²) in [6.07, 6.45) is 2.63. The van der Waals surface area contributed by atoms with Gasteiger partial charge in [0.2, 0.25) is 0 Å². The van der Waals surface area contributed by atoms with E-state index in [-0.39, 0.29) is 0 Å². The van der Waals surface area contributed by atoms with Gasteiger partial charge in [0.1, 0.15) is 0 Å². The lowest BCUT2D eigenvalue weighted by molar-refractivity contribution is -0.137. The van der Waals surface area contributed by atoms with E-state index >= 15 is 0 Å². The van der Waals surface area contributed by atoms with E-state index in [0.717, 1.165) is 51.4 Å². The molecule has 0 aliphatic rings. The predicted octanol–water partition coefficient (Wildman–Crippen LogP) is 18.0. The zero-order valence-corrected chi connectivity index (χ0v) is 41.6. The average molecular weight is 900 g/mol. The Labute approximate surface area is 383 Å². The zero-order valence-electron chi connectivity index (χ0n) is 39.4. The third-order valence-electron chi connectivity index (χ3n) is 9.05. The molecule has 0 atom stereocenters. The van der Waals surface area contributed by atoms with Crippen molar-refractivity contribution in [2.75, 3.05) is 0 Å². The Morgan fingerprint density at radius 3 is 1.49 bits per heavy atom. The van der Waals surface area contributed by atoms with Gasteiger partial charge in [-0.25, -0.2) is 0 Å². The number of rotatable bonds is 10. The van der Waals surface area contributed by atoms with Crippen LogP contribution in [0, 0.1) is 57.3 Å². The molecule has 1 nitrogen and oxygen atoms in total. The lowest BCUT2D eigenvalue weighted by Crippen LogP contribution is -2.07. The number of aryl methyl sites for hydroxylation is 4. The summed E-state index contributed by atoms with van der Waals surface area (Å²) >= 11 is 17.9. The molecule has 0 saturated carbocycles. The van der Waals surface area contributed by atoms with Gasteiger partial charge in [-0.1, -0.05) is 158 Å². The van der Waals surface area contributed by atoms with Crippen LogP contribution in [0.4, 0.5) is 13.2 Å². The lowest BCUT2D eigenvalue weighted by Gasteiger charge is -2.11. The highest BCUT2D eigenvalue weighted by molar-refractivity contribution is 6.33. The molecule has 5 aromatic rings. The molecule has 5 rings (SSSR count). The van der Waals surface area contributed by atoms with Gasteiger partial charge in [0.05, 0.1) is 5.56 Å². The van der Waals surface area contributed by atoms with Crippen molar-refractivity contribution < 1.29 is 13.2 Å². The molecule has 0 bridgehead atoms. The Balaban J connectivity index is 0.000000383. The van der Waals surface area contributed by atoms with Crippen molar-refractivity contribution >= 4 is 34.8 Å². The van der Waals surface area contributed by atoms with Gasteiger partial charge >= 0.3 is 6.18 Å². The average Bonchev–Trinajstić information content (AvgIpc) is 3.12. The molecule has 4 aromatic carbocycles. The second-order valence-electron chi connectivity index (χ2n) is 18.3. The summed E-state index contributed by atoms with van der Waals surface area (Å²) in [7, 11) is 0. The lowest BCUT2D eigenvalue weighted by atomic mass is 9.97. The summed E-state index contributed by atoms with van der Waals surface area (Å²) in [5, 5.41) is 2.48. The first-order valence-electron chi connectivity index (χ1n) is 21.7. The van der Waals surface area contributed by atoms with E-state index < -0.39 is 11.7 Å². The van der Waals surface area contributed by atoms with Gasteiger partial charge in [-0.2, -0.15) is 13.2 Å². The number of aromatic nitrogens is 1. The van der Waals surface area contributed by atoms with Crippen molar-refractivity contribution in [3.63, 3.8) is 0 Å². The number of nitrogens with zero attached hydrogens (tertiary/aromatic N) is 1. The van der Waals surface area contributed by atoms with Crippen molar-refractivity contribution in [3.8, 4) is 0 Å². The van der Waals surface area contributed by atoms with Crippen molar-refractivity contribution in [1.82, 2.24) is 4.98 Å². The third kappa shape index (κ3) is 25.4. The smallest absolute Gasteiger partial charge is 0.261 e. The van der Waals surface area contributed by atoms with Gasteiger partial charge in [-0.15, -0.1) is 0 Å². The molecule has 0 saturated heterocycles. The van der Waals surface area contributed by atoms with Crippen LogP contribution in [-0.2, 0) is 38.3 Å². The molecule has 0 aliphatic carbocycles. The fourth-order valence-electron chi connectivity index (χ4n) is 6.46. The summed E-state index contributed by atoms with van der Waals surface area (Å²) in [6.45, 7) is 29.8. The first-order valence-corrected chi connectivity index (χ1v) is 22.8. The van der Waals surface area contributed by atoms with Crippen LogP contribution in [0.3, 0.4) is 0 Å². The van der Waals surface area contributed by atoms with Gasteiger partial charge < -0.3 is 0 Å². The minimum Gasteiger partial charge on any atom is -0.261 e. The summed E-state index contributed by atoms with van der Waals surface area (Å²) < 4.78 is 37.5. The van der Waals surface area contributed by atoms with E-state index in [0.29, 0.717) is 35.7 Å². The molecular formula is C54H73Cl3F3N. The maximum absolute atomic E-state index is 12.5. The fourth-order valence-corrected chi connectivity index (χ4v) is 7.17. The quantitative estimate of drug-likeness (QED) is 0.136. The molecule has 1 heterocycles. The highest BCUT2D eigenvalue weighted by atomic mass is 35.5. The zero-order chi connectivity index (χ0) is 46.4. The van der Waals surface area contributed by atoms with Crippen LogP contribution in [0.1, 0.15) is 125 Å². The first kappa shape index (κ1) is 55.7. The standard InChI is InChI=1S/C12H15F3.C12H18.C11H15Cl.C10H12Cl2.C9H13N/c1-8(2)4-10-5-9(3)6-11(7-10)12(13,14)15;1-9(2)7-12-6-5-10(3)8-11(12)4;1-8(2)6-10-5-4-9(3)7-11(10)12;1-7(2)5-8-6-9(11)3-4-10(8)12;1-8(2)7-9-5-3-4-6-10-9/h5-8H,4H2,1-3H3;5-6,8-9H,7H2,1-4H3;4-5,7-8H,6H2,1-3H3;3-4,6-7H,5H2,1-2H3;3-6,8H,7H2,1-2H3. The van der Waals surface area contributed by atoms with E-state index in [4.69, 9.17) is 34.8 Å². The third-order valence-corrected chi connectivity index (χ3v) is 10.0. The van der Waals surface area contributed by atoms with Crippen LogP contribution >= 0.6 is 34.8 Å². The van der Waals surface area contributed by atoms with Gasteiger partial charge in [0.15, 0.2) is 0 Å². The van der Waals surface area contributed by atoms with Crippen molar-refractivity contribution in [1.29, 1.82) is 0 Å². The molecule has 0 fully saturated rings. The Morgan fingerprint density at radius 2 is 1.00 bits per heavy atom. The summed E-state index contributed by atoms with van der Waals surface area (Å²) in [4.78, 5) is 4.22. The molecule has 0 aliphatic heterocycles. The SMILES string of the molecule is CC(C)Cc1cc(Cl)ccc1Cl.CC(C)Cc1ccccn1.Cc1cc(CC(C)C)cc(C(F)(F)F)c1.Cc1ccc(CC(C)C)c(C)c1.Cc1ccc(CC(C)C)c(Cl)c1. The Kier molecular flexibility index (Phi) is 25.9. The molecule has 336 valence electrons. The topological polar surface area (TPSA) is 12.9 Å². The monoisotopic (exact) mass is 897 g/mol. The van der Waals surface area contributed by atoms with Gasteiger partial charge in [-0.3, -0.25) is 4.98 Å². The molecule has 0 amide bonds. The van der Waals surface area contributed by atoms with Crippen molar-refractivity contribution in [3.05, 3.63) is 168 Å². The summed E-state index contributed by atoms with van der Waals surface area (Å²) in [6, 6.07) is 28.9. The van der Waals surface area contributed by atoms with E-state index in [1.807, 2.05) is 62.5 Å². The minimum atomic E-state index is -4.24. The molecule has 0 spiro atoms. The molecule has 1 aromatic heterocycles. The van der Waals surface area contributed by atoms with Crippen LogP contribution < -0.4 is 0 Å². The number of hydrogen-bond donors (Lipinski definition) is 0. The van der Waals surface area contributed by atoms with Crippen LogP contribution in [-0.4, -0.2) is 4.98 Å². The van der Waals surface area contributed by atoms with Crippen LogP contribution in [0.25, 0.3) is 0 Å². The number of benzene rings is 4. The highest BCUT2D eigenvalue weighted by Gasteiger charge is 2.30. The summed E-state index contributed by atoms with van der Waals surface area (Å²) in [5.41, 5.74) is 10.00. The van der Waals surface area contributed by atoms with Crippen molar-refractivity contribution in [2.24, 2.45) is 29.6 Å². The van der Waals surface area contributed by atoms with E-state index in [2.05, 4.69) is 118 Å². The molecule has 0 radical (unpaired) electrons. The first-order chi connectivity index (χ1) is 28.4. The molecular weight excluding hydrogens is 826 g/mol. The van der Waals surface area contributed by atoms with Crippen molar-refractivity contribution in [2.45, 2.75) is 135 Å². The van der Waals surface area contributed by atoms with E-state index in [1.165, 1.54) is 52.1 Å². The molecule has 61 heavy (non-hydrogen) atoms. The van der Waals surface area contributed by atoms with Crippen LogP contribution in [0.2, 0.25) is 15.1 Å².